The van der Waals surface area contributed by atoms with Gasteiger partial charge in [-0.15, -0.1) is 12.4 Å². The molecule has 5 heteroatoms. The van der Waals surface area contributed by atoms with Crippen LogP contribution in [0.15, 0.2) is 30.3 Å². The number of hydrogen-bond donors (Lipinski definition) is 2. The van der Waals surface area contributed by atoms with E-state index < -0.39 is 0 Å². The minimum atomic E-state index is 0. The molecule has 0 radical (unpaired) electrons. The molecule has 1 aromatic carbocycles. The number of phenolic OH excluding ortho intramolecular Hbond substituents is 1. The van der Waals surface area contributed by atoms with E-state index in [2.05, 4.69) is 10.4 Å². The number of phenols is 1. The van der Waals surface area contributed by atoms with Gasteiger partial charge in [0.1, 0.15) is 11.6 Å². The predicted octanol–water partition coefficient (Wildman–Crippen LogP) is 2.47. The van der Waals surface area contributed by atoms with Crippen LogP contribution in [0, 0.1) is 6.92 Å². The molecule has 0 aliphatic carbocycles. The largest absolute Gasteiger partial charge is 0.508 e. The van der Waals surface area contributed by atoms with Gasteiger partial charge in [0.15, 0.2) is 0 Å². The molecular formula is C12H16ClN3O. The number of anilines is 1. The number of rotatable bonds is 3. The number of nitrogens with zero attached hydrogens (tertiary/aromatic N) is 2. The van der Waals surface area contributed by atoms with Crippen LogP contribution < -0.4 is 5.32 Å². The number of benzene rings is 1. The van der Waals surface area contributed by atoms with Crippen LogP contribution in [0.3, 0.4) is 0 Å². The van der Waals surface area contributed by atoms with Crippen LogP contribution in [-0.2, 0) is 13.6 Å². The highest BCUT2D eigenvalue weighted by atomic mass is 35.5. The lowest BCUT2D eigenvalue weighted by Crippen LogP contribution is -2.04. The molecule has 1 heterocycles. The van der Waals surface area contributed by atoms with Gasteiger partial charge in [-0.1, -0.05) is 12.1 Å². The molecule has 2 N–H and O–H groups in total. The fourth-order valence-electron chi connectivity index (χ4n) is 1.64. The van der Waals surface area contributed by atoms with E-state index in [-0.39, 0.29) is 12.4 Å². The van der Waals surface area contributed by atoms with Crippen molar-refractivity contribution in [1.82, 2.24) is 9.78 Å². The van der Waals surface area contributed by atoms with Gasteiger partial charge in [0.05, 0.1) is 5.69 Å². The molecule has 92 valence electrons. The van der Waals surface area contributed by atoms with Gasteiger partial charge >= 0.3 is 0 Å². The highest BCUT2D eigenvalue weighted by molar-refractivity contribution is 5.85. The first-order valence-corrected chi connectivity index (χ1v) is 5.17. The summed E-state index contributed by atoms with van der Waals surface area (Å²) in [5.41, 5.74) is 2.03. The van der Waals surface area contributed by atoms with Gasteiger partial charge in [0, 0.05) is 19.7 Å². The molecule has 4 nitrogen and oxygen atoms in total. The van der Waals surface area contributed by atoms with Crippen LogP contribution in [0.2, 0.25) is 0 Å². The van der Waals surface area contributed by atoms with Gasteiger partial charge in [0.2, 0.25) is 0 Å². The smallest absolute Gasteiger partial charge is 0.124 e. The van der Waals surface area contributed by atoms with E-state index in [9.17, 15) is 5.11 Å². The summed E-state index contributed by atoms with van der Waals surface area (Å²) in [6.07, 6.45) is 0. The van der Waals surface area contributed by atoms with Crippen molar-refractivity contribution in [2.45, 2.75) is 13.5 Å². The third-order valence-electron chi connectivity index (χ3n) is 2.39. The van der Waals surface area contributed by atoms with E-state index in [1.807, 2.05) is 32.2 Å². The first-order valence-electron chi connectivity index (χ1n) is 5.17. The fraction of sp³-hybridized carbons (Fsp3) is 0.250. The van der Waals surface area contributed by atoms with Crippen LogP contribution >= 0.6 is 12.4 Å². The molecule has 0 aliphatic heterocycles. The fourth-order valence-corrected chi connectivity index (χ4v) is 1.64. The number of aryl methyl sites for hydroxylation is 2. The Morgan fingerprint density at radius 1 is 1.35 bits per heavy atom. The van der Waals surface area contributed by atoms with E-state index in [0.29, 0.717) is 12.3 Å². The minimum absolute atomic E-state index is 0. The Labute approximate surface area is 107 Å². The Morgan fingerprint density at radius 2 is 2.12 bits per heavy atom. The van der Waals surface area contributed by atoms with E-state index in [0.717, 1.165) is 17.1 Å². The predicted molar refractivity (Wildman–Crippen MR) is 70.6 cm³/mol. The topological polar surface area (TPSA) is 50.1 Å². The molecule has 17 heavy (non-hydrogen) atoms. The maximum absolute atomic E-state index is 9.32. The molecule has 0 spiro atoms. The zero-order chi connectivity index (χ0) is 11.5. The summed E-state index contributed by atoms with van der Waals surface area (Å²) in [5.74, 6) is 1.27. The molecule has 1 aromatic heterocycles. The zero-order valence-corrected chi connectivity index (χ0v) is 10.7. The van der Waals surface area contributed by atoms with E-state index >= 15 is 0 Å². The molecule has 0 fully saturated rings. The van der Waals surface area contributed by atoms with Crippen molar-refractivity contribution in [3.8, 4) is 5.75 Å². The summed E-state index contributed by atoms with van der Waals surface area (Å²) >= 11 is 0. The Hall–Kier alpha value is -1.68. The van der Waals surface area contributed by atoms with Crippen molar-refractivity contribution >= 4 is 18.2 Å². The van der Waals surface area contributed by atoms with E-state index in [1.165, 1.54) is 0 Å². The van der Waals surface area contributed by atoms with Gasteiger partial charge in [-0.05, 0) is 24.6 Å². The highest BCUT2D eigenvalue weighted by Crippen LogP contribution is 2.13. The first-order chi connectivity index (χ1) is 7.65. The second-order valence-corrected chi connectivity index (χ2v) is 3.82. The molecule has 0 bridgehead atoms. The standard InChI is InChI=1S/C12H15N3O.ClH/c1-9-6-12(15(2)14-9)13-8-10-4-3-5-11(16)7-10;/h3-7,13,16H,8H2,1-2H3;1H. The van der Waals surface area contributed by atoms with Crippen molar-refractivity contribution in [3.05, 3.63) is 41.6 Å². The second-order valence-electron chi connectivity index (χ2n) is 3.82. The van der Waals surface area contributed by atoms with Crippen molar-refractivity contribution in [2.24, 2.45) is 7.05 Å². The third-order valence-corrected chi connectivity index (χ3v) is 2.39. The average Bonchev–Trinajstić information content (AvgIpc) is 2.54. The maximum Gasteiger partial charge on any atom is 0.124 e. The summed E-state index contributed by atoms with van der Waals surface area (Å²) in [7, 11) is 1.90. The van der Waals surface area contributed by atoms with E-state index in [1.54, 1.807) is 16.8 Å². The molecule has 0 saturated heterocycles. The third kappa shape index (κ3) is 3.39. The van der Waals surface area contributed by atoms with Crippen molar-refractivity contribution < 1.29 is 5.11 Å². The van der Waals surface area contributed by atoms with Crippen molar-refractivity contribution in [3.63, 3.8) is 0 Å². The summed E-state index contributed by atoms with van der Waals surface area (Å²) in [4.78, 5) is 0. The average molecular weight is 254 g/mol. The van der Waals surface area contributed by atoms with Gasteiger partial charge in [-0.3, -0.25) is 4.68 Å². The lowest BCUT2D eigenvalue weighted by molar-refractivity contribution is 0.474. The Kier molecular flexibility index (Phi) is 4.40. The zero-order valence-electron chi connectivity index (χ0n) is 9.84. The second kappa shape index (κ2) is 5.59. The van der Waals surface area contributed by atoms with Crippen LogP contribution in [0.25, 0.3) is 0 Å². The lowest BCUT2D eigenvalue weighted by Gasteiger charge is -2.06. The number of aromatic nitrogens is 2. The summed E-state index contributed by atoms with van der Waals surface area (Å²) < 4.78 is 1.80. The van der Waals surface area contributed by atoms with E-state index in [4.69, 9.17) is 0 Å². The Morgan fingerprint density at radius 3 is 2.71 bits per heavy atom. The molecule has 0 amide bonds. The molecule has 0 atom stereocenters. The van der Waals surface area contributed by atoms with Gasteiger partial charge < -0.3 is 10.4 Å². The molecule has 0 unspecified atom stereocenters. The summed E-state index contributed by atoms with van der Waals surface area (Å²) in [6.45, 7) is 2.63. The monoisotopic (exact) mass is 253 g/mol. The number of hydrogen-bond acceptors (Lipinski definition) is 3. The van der Waals surface area contributed by atoms with Gasteiger partial charge in [0.25, 0.3) is 0 Å². The normalized spacial score (nSPS) is 9.76. The van der Waals surface area contributed by atoms with Crippen LogP contribution in [0.4, 0.5) is 5.82 Å². The molecule has 2 rings (SSSR count). The van der Waals surface area contributed by atoms with Gasteiger partial charge in [-0.25, -0.2) is 0 Å². The molecule has 0 saturated carbocycles. The summed E-state index contributed by atoms with van der Waals surface area (Å²) in [5, 5.41) is 16.8. The van der Waals surface area contributed by atoms with Crippen molar-refractivity contribution in [2.75, 3.05) is 5.32 Å². The van der Waals surface area contributed by atoms with Crippen LogP contribution in [-0.4, -0.2) is 14.9 Å². The quantitative estimate of drug-likeness (QED) is 0.884. The Bertz CT molecular complexity index is 496. The van der Waals surface area contributed by atoms with Crippen molar-refractivity contribution in [1.29, 1.82) is 0 Å². The first kappa shape index (κ1) is 13.4. The molecule has 0 aliphatic rings. The SMILES string of the molecule is Cc1cc(NCc2cccc(O)c2)n(C)n1.Cl. The number of nitrogens with one attached hydrogen (secondary N) is 1. The minimum Gasteiger partial charge on any atom is -0.508 e. The number of aromatic hydroxyl groups is 1. The number of halogens is 1. The molecule has 2 aromatic rings. The molecular weight excluding hydrogens is 238 g/mol. The van der Waals surface area contributed by atoms with Crippen LogP contribution in [0.1, 0.15) is 11.3 Å². The highest BCUT2D eigenvalue weighted by Gasteiger charge is 2.01. The summed E-state index contributed by atoms with van der Waals surface area (Å²) in [6, 6.07) is 9.20. The van der Waals surface area contributed by atoms with Crippen LogP contribution in [0.5, 0.6) is 5.75 Å². The Balaban J connectivity index is 0.00000144. The maximum atomic E-state index is 9.32. The van der Waals surface area contributed by atoms with Gasteiger partial charge in [-0.2, -0.15) is 5.10 Å². The lowest BCUT2D eigenvalue weighted by atomic mass is 10.2.